The Morgan fingerprint density at radius 2 is 1.91 bits per heavy atom. The number of aryl methyl sites for hydroxylation is 1. The fourth-order valence-electron chi connectivity index (χ4n) is 6.74. The van der Waals surface area contributed by atoms with Gasteiger partial charge in [-0.3, -0.25) is 19.5 Å². The number of allylic oxidation sites excluding steroid dienone is 3. The van der Waals surface area contributed by atoms with E-state index in [9.17, 15) is 9.59 Å². The highest BCUT2D eigenvalue weighted by atomic mass is 19.1. The normalized spacial score (nSPS) is 17.1. The molecule has 2 aliphatic rings. The number of halogens is 2. The molecule has 1 fully saturated rings. The van der Waals surface area contributed by atoms with E-state index in [0.29, 0.717) is 52.1 Å². The fourth-order valence-corrected chi connectivity index (χ4v) is 6.74. The molecule has 12 heteroatoms. The van der Waals surface area contributed by atoms with Crippen molar-refractivity contribution in [2.75, 3.05) is 43.4 Å². The van der Waals surface area contributed by atoms with Gasteiger partial charge < -0.3 is 15.1 Å². The molecule has 2 aliphatic heterocycles. The Bertz CT molecular complexity index is 2070. The molecule has 238 valence electrons. The van der Waals surface area contributed by atoms with Gasteiger partial charge in [-0.2, -0.15) is 10.1 Å². The Labute approximate surface area is 264 Å². The summed E-state index contributed by atoms with van der Waals surface area (Å²) in [6, 6.07) is 3.20. The van der Waals surface area contributed by atoms with Crippen LogP contribution in [0.4, 0.5) is 20.3 Å². The van der Waals surface area contributed by atoms with Crippen molar-refractivity contribution in [3.63, 3.8) is 0 Å². The monoisotopic (exact) mass is 626 g/mol. The molecule has 1 unspecified atom stereocenters. The highest BCUT2D eigenvalue weighted by molar-refractivity contribution is 6.22. The minimum Gasteiger partial charge on any atom is -0.380 e. The molecule has 46 heavy (non-hydrogen) atoms. The number of hydrogen-bond donors (Lipinski definition) is 2. The third kappa shape index (κ3) is 4.62. The van der Waals surface area contributed by atoms with Gasteiger partial charge in [-0.25, -0.2) is 13.6 Å². The number of carbonyl (C=O) groups is 1. The van der Waals surface area contributed by atoms with Crippen molar-refractivity contribution in [1.82, 2.24) is 24.6 Å². The van der Waals surface area contributed by atoms with Crippen LogP contribution < -0.4 is 15.9 Å². The smallest absolute Gasteiger partial charge is 0.354 e. The number of fused-ring (bicyclic) bond motifs is 3. The van der Waals surface area contributed by atoms with Crippen LogP contribution in [-0.4, -0.2) is 75.5 Å². The van der Waals surface area contributed by atoms with E-state index >= 15 is 8.78 Å². The largest absolute Gasteiger partial charge is 0.380 e. The number of benzene rings is 2. The van der Waals surface area contributed by atoms with Crippen molar-refractivity contribution < 1.29 is 13.6 Å². The predicted molar refractivity (Wildman–Crippen MR) is 179 cm³/mol. The third-order valence-corrected chi connectivity index (χ3v) is 8.96. The lowest BCUT2D eigenvalue weighted by Crippen LogP contribution is -2.57. The van der Waals surface area contributed by atoms with Crippen LogP contribution in [0.1, 0.15) is 26.3 Å². The highest BCUT2D eigenvalue weighted by Gasteiger charge is 2.38. The van der Waals surface area contributed by atoms with Gasteiger partial charge in [0.2, 0.25) is 5.91 Å². The number of aromatic amines is 1. The van der Waals surface area contributed by atoms with Crippen molar-refractivity contribution in [3.05, 3.63) is 76.9 Å². The topological polar surface area (TPSA) is 112 Å². The second-order valence-corrected chi connectivity index (χ2v) is 12.0. The van der Waals surface area contributed by atoms with E-state index in [1.165, 1.54) is 16.8 Å². The van der Waals surface area contributed by atoms with Crippen molar-refractivity contribution in [2.24, 2.45) is 10.9 Å². The van der Waals surface area contributed by atoms with Gasteiger partial charge >= 0.3 is 5.69 Å². The summed E-state index contributed by atoms with van der Waals surface area (Å²) in [5, 5.41) is 10.9. The van der Waals surface area contributed by atoms with E-state index in [-0.39, 0.29) is 58.9 Å². The van der Waals surface area contributed by atoms with Crippen molar-refractivity contribution >= 4 is 50.6 Å². The molecule has 4 aromatic rings. The molecule has 0 saturated carbocycles. The molecule has 0 spiro atoms. The second kappa shape index (κ2) is 11.7. The van der Waals surface area contributed by atoms with E-state index in [1.807, 2.05) is 18.7 Å². The van der Waals surface area contributed by atoms with E-state index in [1.54, 1.807) is 44.0 Å². The van der Waals surface area contributed by atoms with E-state index in [2.05, 4.69) is 38.6 Å². The number of H-pyrrole nitrogens is 1. The molecular weight excluding hydrogens is 590 g/mol. The molecular formula is C34H36F2N8O2. The van der Waals surface area contributed by atoms with Crippen molar-refractivity contribution in [2.45, 2.75) is 33.7 Å². The summed E-state index contributed by atoms with van der Waals surface area (Å²) in [6.07, 6.45) is 4.37. The van der Waals surface area contributed by atoms with Crippen LogP contribution in [0.5, 0.6) is 0 Å². The average Bonchev–Trinajstić information content (AvgIpc) is 3.46. The van der Waals surface area contributed by atoms with Crippen molar-refractivity contribution in [3.8, 4) is 11.1 Å². The molecule has 1 saturated heterocycles. The molecule has 2 aromatic carbocycles. The number of nitrogens with zero attached hydrogens (tertiary/aromatic N) is 6. The molecule has 2 N–H and O–H groups in total. The Kier molecular flexibility index (Phi) is 7.83. The summed E-state index contributed by atoms with van der Waals surface area (Å²) < 4.78 is 35.9. The van der Waals surface area contributed by atoms with Crippen LogP contribution in [0.15, 0.2) is 59.0 Å². The van der Waals surface area contributed by atoms with Gasteiger partial charge in [0.25, 0.3) is 0 Å². The highest BCUT2D eigenvalue weighted by Crippen LogP contribution is 2.46. The zero-order chi connectivity index (χ0) is 33.0. The summed E-state index contributed by atoms with van der Waals surface area (Å²) in [7, 11) is 1.61. The lowest BCUT2D eigenvalue weighted by Gasteiger charge is -2.41. The van der Waals surface area contributed by atoms with E-state index in [4.69, 9.17) is 0 Å². The summed E-state index contributed by atoms with van der Waals surface area (Å²) in [5.41, 5.74) is 1.86. The Morgan fingerprint density at radius 3 is 2.59 bits per heavy atom. The molecule has 0 bridgehead atoms. The number of hydrogen-bond acceptors (Lipinski definition) is 7. The molecule has 6 rings (SSSR count). The van der Waals surface area contributed by atoms with Crippen LogP contribution >= 0.6 is 0 Å². The first-order valence-electron chi connectivity index (χ1n) is 15.2. The molecule has 0 radical (unpaired) electrons. The Hall–Kier alpha value is -5.13. The van der Waals surface area contributed by atoms with Crippen LogP contribution in [0.3, 0.4) is 0 Å². The van der Waals surface area contributed by atoms with Crippen LogP contribution in [0.25, 0.3) is 38.6 Å². The van der Waals surface area contributed by atoms with Gasteiger partial charge in [0, 0.05) is 44.2 Å². The van der Waals surface area contributed by atoms with Gasteiger partial charge in [0.1, 0.15) is 11.3 Å². The van der Waals surface area contributed by atoms with E-state index < -0.39 is 17.3 Å². The Balaban J connectivity index is 1.78. The Morgan fingerprint density at radius 1 is 1.15 bits per heavy atom. The van der Waals surface area contributed by atoms with Crippen LogP contribution in [-0.2, 0) is 4.79 Å². The molecule has 1 atom stereocenters. The van der Waals surface area contributed by atoms with Gasteiger partial charge in [0.15, 0.2) is 11.6 Å². The van der Waals surface area contributed by atoms with Crippen molar-refractivity contribution in [1.29, 1.82) is 0 Å². The number of aromatic nitrogens is 4. The first-order chi connectivity index (χ1) is 22.0. The SMILES string of the molecule is C=CC(=O)N1CCN2c3nc(=O)n(C(/C(=N\C)C(C)C)=C(\C)C=C)c4c(F)c(-c5c(C)ccc6[nH]ncc56)c(F)c(c34)NCC2C1. The standard InChI is InChI=1S/C34H36F2N8O2/c1-8-18(5)31(29(37-7)17(3)4)44-32-26-30(27(35)25(28(32)36)24-19(6)10-11-22-21(24)15-39-41-22)38-14-20-16-42(23(45)9-2)12-13-43(20)33(26)40-34(44)46/h8-11,15,17,20,38H,1-2,12-14,16H2,3-7H3,(H,39,41)/b31-18+,37-29-. The molecule has 10 nitrogen and oxygen atoms in total. The lowest BCUT2D eigenvalue weighted by molar-refractivity contribution is -0.126. The number of amides is 1. The first kappa shape index (κ1) is 30.9. The van der Waals surface area contributed by atoms with Gasteiger partial charge in [-0.1, -0.05) is 39.1 Å². The number of rotatable bonds is 6. The van der Waals surface area contributed by atoms with Crippen LogP contribution in [0.2, 0.25) is 0 Å². The molecule has 2 aromatic heterocycles. The number of carbonyl (C=O) groups excluding carboxylic acids is 1. The average molecular weight is 627 g/mol. The minimum atomic E-state index is -0.914. The maximum atomic E-state index is 17.6. The maximum Gasteiger partial charge on any atom is 0.354 e. The van der Waals surface area contributed by atoms with Gasteiger partial charge in [-0.05, 0) is 43.0 Å². The molecule has 1 amide bonds. The zero-order valence-corrected chi connectivity index (χ0v) is 26.5. The predicted octanol–water partition coefficient (Wildman–Crippen LogP) is 5.30. The molecule has 4 heterocycles. The lowest BCUT2D eigenvalue weighted by atomic mass is 9.93. The number of nitrogens with one attached hydrogen (secondary N) is 2. The van der Waals surface area contributed by atoms with Gasteiger partial charge in [-0.15, -0.1) is 0 Å². The maximum absolute atomic E-state index is 17.6. The first-order valence-corrected chi connectivity index (χ1v) is 15.2. The quantitative estimate of drug-likeness (QED) is 0.171. The minimum absolute atomic E-state index is 0.0219. The third-order valence-electron chi connectivity index (χ3n) is 8.96. The summed E-state index contributed by atoms with van der Waals surface area (Å²) in [6.45, 7) is 16.0. The zero-order valence-electron chi connectivity index (χ0n) is 26.5. The number of aliphatic imine (C=N–C) groups is 1. The fraction of sp³-hybridized carbons (Fsp3) is 0.324. The second-order valence-electron chi connectivity index (χ2n) is 12.0. The number of anilines is 2. The molecule has 0 aliphatic carbocycles. The number of piperazine rings is 1. The van der Waals surface area contributed by atoms with Gasteiger partial charge in [0.05, 0.1) is 45.8 Å². The summed E-state index contributed by atoms with van der Waals surface area (Å²) in [4.78, 5) is 39.4. The summed E-state index contributed by atoms with van der Waals surface area (Å²) in [5.74, 6) is -1.96. The van der Waals surface area contributed by atoms with E-state index in [0.717, 1.165) is 0 Å². The van der Waals surface area contributed by atoms with Crippen LogP contribution in [0, 0.1) is 24.5 Å². The summed E-state index contributed by atoms with van der Waals surface area (Å²) >= 11 is 0.